The van der Waals surface area contributed by atoms with Crippen LogP contribution in [0.1, 0.15) is 109 Å². The van der Waals surface area contributed by atoms with E-state index < -0.39 is 114 Å². The van der Waals surface area contributed by atoms with E-state index in [2.05, 4.69) is 20.4 Å². The van der Waals surface area contributed by atoms with Crippen molar-refractivity contribution >= 4 is 39.6 Å². The van der Waals surface area contributed by atoms with Crippen molar-refractivity contribution in [1.82, 2.24) is 39.9 Å². The fourth-order valence-corrected chi connectivity index (χ4v) is 9.96. The van der Waals surface area contributed by atoms with Crippen LogP contribution in [0.3, 0.4) is 0 Å². The number of hydrogen-bond donors (Lipinski definition) is 3. The molecule has 0 saturated carbocycles. The van der Waals surface area contributed by atoms with Gasteiger partial charge in [0, 0.05) is 36.6 Å². The van der Waals surface area contributed by atoms with Gasteiger partial charge in [-0.25, -0.2) is 50.5 Å². The number of imidazole rings is 1. The first-order valence-electron chi connectivity index (χ1n) is 22.4. The van der Waals surface area contributed by atoms with E-state index in [1.807, 2.05) is 12.1 Å². The second kappa shape index (κ2) is 18.7. The van der Waals surface area contributed by atoms with Gasteiger partial charge >= 0.3 is 6.09 Å². The molecular weight excluding hydrogens is 982 g/mol. The van der Waals surface area contributed by atoms with Gasteiger partial charge in [-0.3, -0.25) is 19.2 Å². The van der Waals surface area contributed by atoms with E-state index in [9.17, 15) is 36.3 Å². The van der Waals surface area contributed by atoms with Crippen LogP contribution >= 0.6 is 11.3 Å². The number of halogens is 9. The van der Waals surface area contributed by atoms with E-state index in [-0.39, 0.29) is 38.8 Å². The molecule has 1 aliphatic heterocycles. The van der Waals surface area contributed by atoms with E-state index >= 15 is 17.6 Å². The number of likely N-dealkylation sites (tertiary alicyclic amines) is 1. The molecule has 7 aromatic rings. The van der Waals surface area contributed by atoms with E-state index in [1.165, 1.54) is 6.07 Å². The highest BCUT2D eigenvalue weighted by Gasteiger charge is 2.55. The lowest BCUT2D eigenvalue weighted by Gasteiger charge is -2.29. The van der Waals surface area contributed by atoms with E-state index in [0.29, 0.717) is 45.8 Å². The molecule has 1 aliphatic carbocycles. The molecule has 1 saturated heterocycles. The van der Waals surface area contributed by atoms with Gasteiger partial charge in [0.05, 0.1) is 45.5 Å². The van der Waals surface area contributed by atoms with Crippen molar-refractivity contribution in [2.75, 3.05) is 6.54 Å². The molecular formula is C49H42F9N9O4S. The average Bonchev–Trinajstić information content (AvgIpc) is 4.13. The maximum atomic E-state index is 15.3. The van der Waals surface area contributed by atoms with Gasteiger partial charge in [-0.05, 0) is 87.1 Å². The van der Waals surface area contributed by atoms with Crippen LogP contribution in [-0.4, -0.2) is 64.7 Å². The molecule has 13 nitrogen and oxygen atoms in total. The minimum Gasteiger partial charge on any atom is -0.444 e. The third-order valence-electron chi connectivity index (χ3n) is 12.2. The SMILES string of the molecule is CC(C)(C)OC(=O)N1CCCC1c1ncc(-c2ccc(-c3nc4nc([C@H](Cc5cc(F)cc(F)c5)NC(=O)Cn5nc(C(F)F)c6c5C(F)(F)CCC6(F)F)c(-c5ccc(F)c(C(N)=O)c5)cc4s3)cc2)[nH]1. The minimum absolute atomic E-state index is 0.0636. The Labute approximate surface area is 407 Å². The summed E-state index contributed by atoms with van der Waals surface area (Å²) >= 11 is 1.16. The van der Waals surface area contributed by atoms with Gasteiger partial charge in [0.1, 0.15) is 51.8 Å². The molecule has 5 heterocycles. The highest BCUT2D eigenvalue weighted by molar-refractivity contribution is 7.21. The van der Waals surface area contributed by atoms with Crippen molar-refractivity contribution in [2.45, 2.75) is 95.4 Å². The Bertz CT molecular complexity index is 3240. The van der Waals surface area contributed by atoms with Gasteiger partial charge in [0.2, 0.25) is 5.91 Å². The maximum absolute atomic E-state index is 15.3. The predicted molar refractivity (Wildman–Crippen MR) is 244 cm³/mol. The Hall–Kier alpha value is -7.30. The fourth-order valence-electron chi connectivity index (χ4n) is 9.01. The number of carbonyl (C=O) groups is 3. The Balaban J connectivity index is 1.09. The standard InChI is InChI=1S/C49H42F9N9O4S/c1-47(2,3)71-46(70)66-14-4-5-34(66)43-60-21-33(62-43)24-6-8-25(9-7-24)45-64-44-35(72-45)20-29(26-10-11-31(52)30(18-26)42(59)69)38(63-44)32(17-23-15-27(50)19-28(51)16-23)61-36(68)22-67-40-37(39(65-67)41(53)54)48(55,56)12-13-49(40,57)58/h6-11,15-16,18-21,32,34,41H,4-5,12-14,17,22H2,1-3H3,(H2,59,69)(H,60,62)(H,61,68)/t32-,34?/m0/s1. The molecule has 23 heteroatoms. The summed E-state index contributed by atoms with van der Waals surface area (Å²) in [4.78, 5) is 58.4. The number of hydrogen-bond acceptors (Lipinski definition) is 9. The number of fused-ring (bicyclic) bond motifs is 2. The maximum Gasteiger partial charge on any atom is 0.410 e. The number of ether oxygens (including phenoxy) is 1. The molecule has 1 unspecified atom stereocenters. The lowest BCUT2D eigenvalue weighted by molar-refractivity contribution is -0.123. The molecule has 9 rings (SSSR count). The van der Waals surface area contributed by atoms with Gasteiger partial charge in [0.25, 0.3) is 24.2 Å². The summed E-state index contributed by atoms with van der Waals surface area (Å²) < 4.78 is 139. The van der Waals surface area contributed by atoms with E-state index in [1.54, 1.807) is 50.1 Å². The number of thiazole rings is 1. The summed E-state index contributed by atoms with van der Waals surface area (Å²) in [5, 5.41) is 6.32. The molecule has 376 valence electrons. The molecule has 3 aromatic carbocycles. The first-order chi connectivity index (χ1) is 33.9. The number of nitrogens with zero attached hydrogens (tertiary/aromatic N) is 6. The van der Waals surface area contributed by atoms with Crippen LogP contribution in [0.4, 0.5) is 44.3 Å². The van der Waals surface area contributed by atoms with Crippen LogP contribution in [0.25, 0.3) is 43.3 Å². The highest BCUT2D eigenvalue weighted by atomic mass is 32.1. The zero-order chi connectivity index (χ0) is 51.6. The molecule has 3 amide bonds. The van der Waals surface area contributed by atoms with Gasteiger partial charge in [-0.15, -0.1) is 11.3 Å². The Morgan fingerprint density at radius 3 is 2.26 bits per heavy atom. The van der Waals surface area contributed by atoms with Crippen LogP contribution in [0, 0.1) is 17.5 Å². The number of H-pyrrole nitrogens is 1. The third kappa shape index (κ3) is 9.97. The van der Waals surface area contributed by atoms with Crippen molar-refractivity contribution in [3.63, 3.8) is 0 Å². The zero-order valence-corrected chi connectivity index (χ0v) is 39.1. The number of aromatic nitrogens is 6. The van der Waals surface area contributed by atoms with Crippen molar-refractivity contribution in [3.05, 3.63) is 130 Å². The predicted octanol–water partition coefficient (Wildman–Crippen LogP) is 11.2. The number of benzene rings is 3. The summed E-state index contributed by atoms with van der Waals surface area (Å²) in [5.74, 6) is -13.0. The van der Waals surface area contributed by atoms with Crippen LogP contribution in [0.5, 0.6) is 0 Å². The molecule has 4 aromatic heterocycles. The lowest BCUT2D eigenvalue weighted by atomic mass is 9.89. The second-order valence-electron chi connectivity index (χ2n) is 18.5. The molecule has 4 N–H and O–H groups in total. The number of rotatable bonds is 12. The number of aromatic amines is 1. The lowest BCUT2D eigenvalue weighted by Crippen LogP contribution is -2.37. The Kier molecular flexibility index (Phi) is 12.9. The van der Waals surface area contributed by atoms with Crippen LogP contribution in [-0.2, 0) is 34.3 Å². The number of nitrogens with one attached hydrogen (secondary N) is 2. The summed E-state index contributed by atoms with van der Waals surface area (Å²) in [6.07, 6.45) is -4.42. The fraction of sp³-hybridized carbons (Fsp3) is 0.327. The van der Waals surface area contributed by atoms with Crippen molar-refractivity contribution in [1.29, 1.82) is 0 Å². The summed E-state index contributed by atoms with van der Waals surface area (Å²) in [7, 11) is 0. The van der Waals surface area contributed by atoms with Crippen LogP contribution in [0.15, 0.2) is 72.9 Å². The van der Waals surface area contributed by atoms with Crippen LogP contribution < -0.4 is 11.1 Å². The first kappa shape index (κ1) is 49.7. The number of carbonyl (C=O) groups excluding carboxylic acids is 3. The molecule has 72 heavy (non-hydrogen) atoms. The Morgan fingerprint density at radius 2 is 1.58 bits per heavy atom. The summed E-state index contributed by atoms with van der Waals surface area (Å²) in [6.45, 7) is 4.60. The smallest absolute Gasteiger partial charge is 0.410 e. The molecule has 0 spiro atoms. The normalized spacial score (nSPS) is 16.8. The average molecular weight is 1020 g/mol. The summed E-state index contributed by atoms with van der Waals surface area (Å²) in [6, 6.07) is 12.7. The topological polar surface area (TPSA) is 174 Å². The van der Waals surface area contributed by atoms with Crippen LogP contribution in [0.2, 0.25) is 0 Å². The van der Waals surface area contributed by atoms with Crippen molar-refractivity contribution in [2.24, 2.45) is 5.73 Å². The van der Waals surface area contributed by atoms with Gasteiger partial charge in [-0.2, -0.15) is 13.9 Å². The number of amides is 3. The van der Waals surface area contributed by atoms with Gasteiger partial charge in [-0.1, -0.05) is 30.3 Å². The molecule has 0 bridgehead atoms. The number of pyridine rings is 1. The number of primary amides is 1. The van der Waals surface area contributed by atoms with Crippen molar-refractivity contribution in [3.8, 4) is 33.0 Å². The van der Waals surface area contributed by atoms with E-state index in [0.717, 1.165) is 47.6 Å². The number of nitrogens with two attached hydrogens (primary N) is 1. The zero-order valence-electron chi connectivity index (χ0n) is 38.3. The molecule has 2 aliphatic rings. The monoisotopic (exact) mass is 1020 g/mol. The quantitative estimate of drug-likeness (QED) is 0.101. The summed E-state index contributed by atoms with van der Waals surface area (Å²) in [5.41, 5.74) is 1.52. The Morgan fingerprint density at radius 1 is 0.903 bits per heavy atom. The second-order valence-corrected chi connectivity index (χ2v) is 19.5. The molecule has 1 fully saturated rings. The highest BCUT2D eigenvalue weighted by Crippen LogP contribution is 2.52. The largest absolute Gasteiger partial charge is 0.444 e. The molecule has 0 radical (unpaired) electrons. The number of alkyl halides is 6. The minimum atomic E-state index is -4.13. The first-order valence-corrected chi connectivity index (χ1v) is 23.2. The third-order valence-corrected chi connectivity index (χ3v) is 13.2. The van der Waals surface area contributed by atoms with Gasteiger partial charge in [0.15, 0.2) is 5.65 Å². The van der Waals surface area contributed by atoms with Crippen molar-refractivity contribution < 1.29 is 58.6 Å². The van der Waals surface area contributed by atoms with E-state index in [4.69, 9.17) is 20.4 Å². The molecule has 2 atom stereocenters. The van der Waals surface area contributed by atoms with Gasteiger partial charge < -0.3 is 20.8 Å².